The lowest BCUT2D eigenvalue weighted by Crippen LogP contribution is -2.57. The van der Waals surface area contributed by atoms with E-state index in [0.29, 0.717) is 30.0 Å². The van der Waals surface area contributed by atoms with Gasteiger partial charge in [0.25, 0.3) is 5.91 Å². The Labute approximate surface area is 269 Å². The average molecular weight is 614 g/mol. The van der Waals surface area contributed by atoms with Crippen LogP contribution in [0.2, 0.25) is 0 Å². The van der Waals surface area contributed by atoms with Crippen LogP contribution in [-0.2, 0) is 14.3 Å². The summed E-state index contributed by atoms with van der Waals surface area (Å²) >= 11 is 0. The molecular formula is C38H51N3O4. The third kappa shape index (κ3) is 9.93. The molecule has 0 bridgehead atoms. The highest BCUT2D eigenvalue weighted by Gasteiger charge is 2.40. The van der Waals surface area contributed by atoms with E-state index >= 15 is 0 Å². The maximum Gasteiger partial charge on any atom is 0.408 e. The van der Waals surface area contributed by atoms with Crippen LogP contribution in [0.4, 0.5) is 10.5 Å². The Balaban J connectivity index is 2.14. The third-order valence-electron chi connectivity index (χ3n) is 8.05. The summed E-state index contributed by atoms with van der Waals surface area (Å²) in [5, 5.41) is 8.03. The number of nitrogens with zero attached hydrogens (tertiary/aromatic N) is 1. The first kappa shape index (κ1) is 35.4. The van der Waals surface area contributed by atoms with Gasteiger partial charge >= 0.3 is 6.09 Å². The minimum Gasteiger partial charge on any atom is -0.444 e. The fourth-order valence-electron chi connectivity index (χ4n) is 5.36. The molecule has 0 aromatic heterocycles. The van der Waals surface area contributed by atoms with E-state index in [1.54, 1.807) is 31.7 Å². The van der Waals surface area contributed by atoms with Gasteiger partial charge in [-0.1, -0.05) is 95.3 Å². The van der Waals surface area contributed by atoms with Crippen molar-refractivity contribution in [2.75, 3.05) is 5.32 Å². The summed E-state index contributed by atoms with van der Waals surface area (Å²) in [6.45, 7) is 19.4. The van der Waals surface area contributed by atoms with E-state index in [1.807, 2.05) is 87.5 Å². The number of nitrogens with one attached hydrogen (secondary N) is 2. The van der Waals surface area contributed by atoms with Crippen LogP contribution in [0.25, 0.3) is 16.8 Å². The highest BCUT2D eigenvalue weighted by molar-refractivity contribution is 6.00. The second-order valence-electron chi connectivity index (χ2n) is 13.4. The van der Waals surface area contributed by atoms with E-state index in [9.17, 15) is 14.4 Å². The summed E-state index contributed by atoms with van der Waals surface area (Å²) in [5.41, 5.74) is 1.40. The number of amides is 3. The zero-order valence-electron chi connectivity index (χ0n) is 28.2. The largest absolute Gasteiger partial charge is 0.444 e. The van der Waals surface area contributed by atoms with Gasteiger partial charge in [0, 0.05) is 11.7 Å². The summed E-state index contributed by atoms with van der Waals surface area (Å²) in [6.07, 6.45) is 3.25. The lowest BCUT2D eigenvalue weighted by molar-refractivity contribution is -0.144. The second kappa shape index (κ2) is 15.7. The Morgan fingerprint density at radius 1 is 0.911 bits per heavy atom. The topological polar surface area (TPSA) is 87.7 Å². The summed E-state index contributed by atoms with van der Waals surface area (Å²) in [7, 11) is 0. The lowest BCUT2D eigenvalue weighted by atomic mass is 9.92. The number of anilines is 1. The van der Waals surface area contributed by atoms with Crippen molar-refractivity contribution in [2.45, 2.75) is 98.4 Å². The van der Waals surface area contributed by atoms with Gasteiger partial charge in [-0.3, -0.25) is 9.59 Å². The average Bonchev–Trinajstić information content (AvgIpc) is 2.99. The summed E-state index contributed by atoms with van der Waals surface area (Å²) in [6, 6.07) is 19.1. The molecule has 0 saturated heterocycles. The number of hydrogen-bond acceptors (Lipinski definition) is 4. The van der Waals surface area contributed by atoms with E-state index in [4.69, 9.17) is 4.74 Å². The van der Waals surface area contributed by atoms with E-state index in [2.05, 4.69) is 31.1 Å². The third-order valence-corrected chi connectivity index (χ3v) is 8.05. The highest BCUT2D eigenvalue weighted by Crippen LogP contribution is 2.31. The minimum atomic E-state index is -0.974. The Kier molecular flexibility index (Phi) is 12.4. The van der Waals surface area contributed by atoms with E-state index < -0.39 is 23.8 Å². The quantitative estimate of drug-likeness (QED) is 0.202. The number of hydrogen-bond donors (Lipinski definition) is 2. The smallest absolute Gasteiger partial charge is 0.408 e. The number of fused-ring (bicyclic) bond motifs is 1. The lowest BCUT2D eigenvalue weighted by Gasteiger charge is -2.40. The molecule has 0 radical (unpaired) electrons. The van der Waals surface area contributed by atoms with Gasteiger partial charge in [-0.25, -0.2) is 4.79 Å². The van der Waals surface area contributed by atoms with Gasteiger partial charge in [0.1, 0.15) is 17.7 Å². The SMILES string of the molecule is C=Cc1cccc(C(C(=O)Nc2ccc3ccccc3c2)N(C(=O)C(NC(=O)OC(C)(C)C)C(C)CC)C(C)CCC(C)C)c1. The predicted octanol–water partition coefficient (Wildman–Crippen LogP) is 8.76. The summed E-state index contributed by atoms with van der Waals surface area (Å²) < 4.78 is 5.56. The Bertz CT molecular complexity index is 1480. The van der Waals surface area contributed by atoms with Crippen molar-refractivity contribution in [3.8, 4) is 0 Å². The molecule has 0 spiro atoms. The number of carbonyl (C=O) groups is 3. The van der Waals surface area contributed by atoms with Gasteiger partial charge in [-0.05, 0) is 92.5 Å². The fourth-order valence-corrected chi connectivity index (χ4v) is 5.36. The number of benzene rings is 3. The van der Waals surface area contributed by atoms with E-state index in [0.717, 1.165) is 22.8 Å². The standard InChI is InChI=1S/C38H51N3O4/c1-10-26(5)33(40-37(44)45-38(7,8)9)36(43)41(27(6)20-19-25(3)4)34(31-18-14-15-28(11-2)23-31)35(42)39-32-22-21-29-16-12-13-17-30(29)24-32/h11-18,21-27,33-34H,2,10,19-20H2,1,3-9H3,(H,39,42)(H,40,44). The predicted molar refractivity (Wildman–Crippen MR) is 185 cm³/mol. The fraction of sp³-hybridized carbons (Fsp3) is 0.447. The zero-order valence-corrected chi connectivity index (χ0v) is 28.2. The molecule has 4 unspecified atom stereocenters. The molecule has 45 heavy (non-hydrogen) atoms. The van der Waals surface area contributed by atoms with Gasteiger partial charge in [0.15, 0.2) is 0 Å². The van der Waals surface area contributed by atoms with E-state index in [-0.39, 0.29) is 23.8 Å². The van der Waals surface area contributed by atoms with Gasteiger partial charge in [0.05, 0.1) is 0 Å². The first-order valence-corrected chi connectivity index (χ1v) is 16.1. The summed E-state index contributed by atoms with van der Waals surface area (Å²) in [4.78, 5) is 43.9. The van der Waals surface area contributed by atoms with Gasteiger partial charge in [-0.15, -0.1) is 0 Å². The van der Waals surface area contributed by atoms with Crippen molar-refractivity contribution >= 4 is 40.4 Å². The molecule has 0 aliphatic rings. The van der Waals surface area contributed by atoms with Crippen LogP contribution < -0.4 is 10.6 Å². The molecule has 0 fully saturated rings. The van der Waals surface area contributed by atoms with Crippen molar-refractivity contribution in [3.05, 3.63) is 84.4 Å². The number of alkyl carbamates (subject to hydrolysis) is 1. The highest BCUT2D eigenvalue weighted by atomic mass is 16.6. The van der Waals surface area contributed by atoms with Crippen molar-refractivity contribution in [3.63, 3.8) is 0 Å². The van der Waals surface area contributed by atoms with Gasteiger partial charge in [0.2, 0.25) is 5.91 Å². The molecule has 0 heterocycles. The van der Waals surface area contributed by atoms with Gasteiger partial charge in [-0.2, -0.15) is 0 Å². The molecule has 0 aliphatic carbocycles. The van der Waals surface area contributed by atoms with Crippen molar-refractivity contribution in [1.29, 1.82) is 0 Å². The molecule has 2 N–H and O–H groups in total. The minimum absolute atomic E-state index is 0.214. The first-order valence-electron chi connectivity index (χ1n) is 16.1. The molecule has 3 rings (SSSR count). The Morgan fingerprint density at radius 3 is 2.22 bits per heavy atom. The molecule has 0 aliphatic heterocycles. The van der Waals surface area contributed by atoms with Crippen LogP contribution in [0.5, 0.6) is 0 Å². The molecule has 3 aromatic rings. The first-order chi connectivity index (χ1) is 21.2. The molecule has 4 atom stereocenters. The normalized spacial score (nSPS) is 14.2. The van der Waals surface area contributed by atoms with Crippen LogP contribution >= 0.6 is 0 Å². The number of ether oxygens (including phenoxy) is 1. The molecule has 3 amide bonds. The summed E-state index contributed by atoms with van der Waals surface area (Å²) in [5.74, 6) is -0.470. The molecule has 7 heteroatoms. The number of carbonyl (C=O) groups excluding carboxylic acids is 3. The molecule has 3 aromatic carbocycles. The van der Waals surface area contributed by atoms with Crippen LogP contribution in [0.1, 0.15) is 91.8 Å². The zero-order chi connectivity index (χ0) is 33.3. The monoisotopic (exact) mass is 613 g/mol. The van der Waals surface area contributed by atoms with Gasteiger partial charge < -0.3 is 20.3 Å². The second-order valence-corrected chi connectivity index (χ2v) is 13.4. The van der Waals surface area contributed by atoms with Crippen LogP contribution in [-0.4, -0.2) is 40.5 Å². The maximum atomic E-state index is 14.8. The van der Waals surface area contributed by atoms with Crippen molar-refractivity contribution in [1.82, 2.24) is 10.2 Å². The van der Waals surface area contributed by atoms with Crippen LogP contribution in [0.15, 0.2) is 73.3 Å². The molecule has 7 nitrogen and oxygen atoms in total. The van der Waals surface area contributed by atoms with Crippen molar-refractivity contribution in [2.24, 2.45) is 11.8 Å². The maximum absolute atomic E-state index is 14.8. The molecule has 0 saturated carbocycles. The Hall–Kier alpha value is -4.13. The molecular weight excluding hydrogens is 562 g/mol. The molecule has 242 valence electrons. The Morgan fingerprint density at radius 2 is 1.60 bits per heavy atom. The van der Waals surface area contributed by atoms with Crippen LogP contribution in [0, 0.1) is 11.8 Å². The van der Waals surface area contributed by atoms with Crippen LogP contribution in [0.3, 0.4) is 0 Å². The van der Waals surface area contributed by atoms with Crippen molar-refractivity contribution < 1.29 is 19.1 Å². The number of rotatable bonds is 13. The van der Waals surface area contributed by atoms with E-state index in [1.165, 1.54) is 0 Å².